The van der Waals surface area contributed by atoms with Crippen LogP contribution in [0, 0.1) is 11.3 Å². The number of hydrogen-bond acceptors (Lipinski definition) is 2. The van der Waals surface area contributed by atoms with Crippen LogP contribution in [0.1, 0.15) is 42.9 Å². The van der Waals surface area contributed by atoms with E-state index >= 15 is 0 Å². The van der Waals surface area contributed by atoms with Crippen molar-refractivity contribution in [1.29, 1.82) is 0 Å². The predicted octanol–water partition coefficient (Wildman–Crippen LogP) is 3.98. The van der Waals surface area contributed by atoms with Crippen LogP contribution in [0.4, 0.5) is 0 Å². The van der Waals surface area contributed by atoms with Crippen LogP contribution in [0.3, 0.4) is 0 Å². The summed E-state index contributed by atoms with van der Waals surface area (Å²) in [7, 11) is 0. The van der Waals surface area contributed by atoms with Gasteiger partial charge in [0, 0.05) is 6.54 Å². The van der Waals surface area contributed by atoms with E-state index in [-0.39, 0.29) is 5.91 Å². The van der Waals surface area contributed by atoms with E-state index in [1.165, 1.54) is 0 Å². The zero-order valence-corrected chi connectivity index (χ0v) is 15.8. The quantitative estimate of drug-likeness (QED) is 0.706. The fourth-order valence-electron chi connectivity index (χ4n) is 3.46. The minimum Gasteiger partial charge on any atom is -0.481 e. The summed E-state index contributed by atoms with van der Waals surface area (Å²) in [5.41, 5.74) is 2.30. The Morgan fingerprint density at radius 3 is 2.22 bits per heavy atom. The van der Waals surface area contributed by atoms with Crippen molar-refractivity contribution >= 4 is 11.9 Å². The van der Waals surface area contributed by atoms with E-state index in [1.54, 1.807) is 0 Å². The molecule has 2 N–H and O–H groups in total. The molecular weight excluding hydrogens is 338 g/mol. The summed E-state index contributed by atoms with van der Waals surface area (Å²) in [6.45, 7) is 2.37. The second kappa shape index (κ2) is 8.38. The number of carbonyl (C=O) groups excluding carboxylic acids is 1. The molecule has 4 heteroatoms. The number of amides is 1. The molecule has 0 saturated heterocycles. The topological polar surface area (TPSA) is 66.4 Å². The maximum atomic E-state index is 12.1. The number of hydrogen-bond donors (Lipinski definition) is 2. The first-order chi connectivity index (χ1) is 12.9. The molecule has 2 aromatic rings. The van der Waals surface area contributed by atoms with E-state index in [0.29, 0.717) is 25.3 Å². The summed E-state index contributed by atoms with van der Waals surface area (Å²) in [4.78, 5) is 23.9. The smallest absolute Gasteiger partial charge is 0.309 e. The van der Waals surface area contributed by atoms with Crippen LogP contribution in [0.2, 0.25) is 0 Å². The van der Waals surface area contributed by atoms with Gasteiger partial charge in [-0.1, -0.05) is 67.4 Å². The van der Waals surface area contributed by atoms with Gasteiger partial charge in [-0.2, -0.15) is 0 Å². The Morgan fingerprint density at radius 2 is 1.63 bits per heavy atom. The third-order valence-electron chi connectivity index (χ3n) is 5.27. The van der Waals surface area contributed by atoms with Crippen LogP contribution < -0.4 is 5.32 Å². The molecule has 2 aromatic carbocycles. The first kappa shape index (κ1) is 19.2. The molecule has 142 valence electrons. The summed E-state index contributed by atoms with van der Waals surface area (Å²) in [5.74, 6) is -0.173. The Kier molecular flexibility index (Phi) is 5.94. The molecule has 0 heterocycles. The number of benzene rings is 2. The van der Waals surface area contributed by atoms with E-state index in [9.17, 15) is 14.7 Å². The Balaban J connectivity index is 1.53. The van der Waals surface area contributed by atoms with Crippen molar-refractivity contribution in [3.05, 3.63) is 71.3 Å². The Bertz CT molecular complexity index is 781. The van der Waals surface area contributed by atoms with Crippen LogP contribution in [-0.4, -0.2) is 17.0 Å². The highest BCUT2D eigenvalue weighted by atomic mass is 16.4. The van der Waals surface area contributed by atoms with Crippen molar-refractivity contribution in [2.24, 2.45) is 11.3 Å². The van der Waals surface area contributed by atoms with Crippen molar-refractivity contribution in [2.75, 3.05) is 0 Å². The molecule has 1 fully saturated rings. The maximum Gasteiger partial charge on any atom is 0.309 e. The monoisotopic (exact) mass is 365 g/mol. The summed E-state index contributed by atoms with van der Waals surface area (Å²) in [5, 5.41) is 12.6. The molecule has 0 aliphatic heterocycles. The van der Waals surface area contributed by atoms with Gasteiger partial charge in [-0.3, -0.25) is 9.59 Å². The molecule has 0 radical (unpaired) electrons. The van der Waals surface area contributed by atoms with Gasteiger partial charge in [0.25, 0.3) is 0 Å². The lowest BCUT2D eigenvalue weighted by Gasteiger charge is -2.25. The molecule has 1 unspecified atom stereocenters. The van der Waals surface area contributed by atoms with Crippen LogP contribution in [0.15, 0.2) is 54.6 Å². The summed E-state index contributed by atoms with van der Waals surface area (Å²) < 4.78 is 0. The van der Waals surface area contributed by atoms with Crippen molar-refractivity contribution in [3.63, 3.8) is 0 Å². The van der Waals surface area contributed by atoms with Gasteiger partial charge in [0.1, 0.15) is 0 Å². The fourth-order valence-corrected chi connectivity index (χ4v) is 3.46. The molecule has 1 atom stereocenters. The summed E-state index contributed by atoms with van der Waals surface area (Å²) in [6.07, 6.45) is 3.90. The first-order valence-corrected chi connectivity index (χ1v) is 9.56. The second-order valence-corrected chi connectivity index (χ2v) is 7.95. The van der Waals surface area contributed by atoms with Gasteiger partial charge in [-0.15, -0.1) is 0 Å². The average molecular weight is 365 g/mol. The Labute approximate surface area is 160 Å². The van der Waals surface area contributed by atoms with Gasteiger partial charge in [0.05, 0.1) is 11.8 Å². The predicted molar refractivity (Wildman–Crippen MR) is 105 cm³/mol. The highest BCUT2D eigenvalue weighted by molar-refractivity contribution is 5.78. The molecule has 27 heavy (non-hydrogen) atoms. The molecular formula is C23H27NO3. The van der Waals surface area contributed by atoms with E-state index in [2.05, 4.69) is 5.32 Å². The number of aliphatic carboxylic acids is 1. The fraction of sp³-hybridized carbons (Fsp3) is 0.391. The highest BCUT2D eigenvalue weighted by Crippen LogP contribution is 2.42. The lowest BCUT2D eigenvalue weighted by Crippen LogP contribution is -2.30. The molecule has 1 aliphatic carbocycles. The standard InChI is InChI=1S/C23H27NO3/c1-23(22(26)27,15-19-11-12-19)14-18-9-7-17(8-10-18)13-21(25)24-16-20-5-3-2-4-6-20/h2-10,19H,11-16H2,1H3,(H,24,25)(H,26,27). The SMILES string of the molecule is CC(Cc1ccc(CC(=O)NCc2ccccc2)cc1)(CC1CC1)C(=O)O. The number of carboxylic acids is 1. The average Bonchev–Trinajstić information content (AvgIpc) is 3.46. The second-order valence-electron chi connectivity index (χ2n) is 7.95. The summed E-state index contributed by atoms with van der Waals surface area (Å²) in [6, 6.07) is 17.6. The molecule has 1 aliphatic rings. The van der Waals surface area contributed by atoms with E-state index in [0.717, 1.165) is 36.0 Å². The number of nitrogens with one attached hydrogen (secondary N) is 1. The third kappa shape index (κ3) is 5.68. The molecule has 1 saturated carbocycles. The van der Waals surface area contributed by atoms with E-state index in [4.69, 9.17) is 0 Å². The molecule has 0 bridgehead atoms. The van der Waals surface area contributed by atoms with Crippen LogP contribution >= 0.6 is 0 Å². The van der Waals surface area contributed by atoms with Crippen LogP contribution in [0.25, 0.3) is 0 Å². The number of carboxylic acid groups (broad SMARTS) is 1. The number of carbonyl (C=O) groups is 2. The minimum atomic E-state index is -0.723. The molecule has 3 rings (SSSR count). The molecule has 1 amide bonds. The van der Waals surface area contributed by atoms with Gasteiger partial charge in [0.15, 0.2) is 0 Å². The van der Waals surface area contributed by atoms with Crippen LogP contribution in [0.5, 0.6) is 0 Å². The normalized spacial score (nSPS) is 15.7. The lowest BCUT2D eigenvalue weighted by molar-refractivity contribution is -0.148. The number of rotatable bonds is 9. The molecule has 4 nitrogen and oxygen atoms in total. The van der Waals surface area contributed by atoms with Crippen molar-refractivity contribution in [2.45, 2.75) is 45.6 Å². The van der Waals surface area contributed by atoms with Gasteiger partial charge >= 0.3 is 5.97 Å². The Hall–Kier alpha value is -2.62. The molecule has 0 aromatic heterocycles. The van der Waals surface area contributed by atoms with Gasteiger partial charge in [0.2, 0.25) is 5.91 Å². The maximum absolute atomic E-state index is 12.1. The first-order valence-electron chi connectivity index (χ1n) is 9.56. The van der Waals surface area contributed by atoms with Gasteiger partial charge in [-0.25, -0.2) is 0 Å². The van der Waals surface area contributed by atoms with Crippen molar-refractivity contribution in [1.82, 2.24) is 5.32 Å². The van der Waals surface area contributed by atoms with E-state index in [1.807, 2.05) is 61.5 Å². The van der Waals surface area contributed by atoms with Crippen molar-refractivity contribution < 1.29 is 14.7 Å². The highest BCUT2D eigenvalue weighted by Gasteiger charge is 2.39. The van der Waals surface area contributed by atoms with Crippen LogP contribution in [-0.2, 0) is 29.0 Å². The van der Waals surface area contributed by atoms with E-state index < -0.39 is 11.4 Å². The van der Waals surface area contributed by atoms with Gasteiger partial charge < -0.3 is 10.4 Å². The van der Waals surface area contributed by atoms with Crippen molar-refractivity contribution in [3.8, 4) is 0 Å². The summed E-state index contributed by atoms with van der Waals surface area (Å²) >= 11 is 0. The third-order valence-corrected chi connectivity index (χ3v) is 5.27. The van der Waals surface area contributed by atoms with Gasteiger partial charge in [-0.05, 0) is 42.4 Å². The Morgan fingerprint density at radius 1 is 1.00 bits per heavy atom. The minimum absolute atomic E-state index is 0.0179. The zero-order valence-electron chi connectivity index (χ0n) is 15.8. The largest absolute Gasteiger partial charge is 0.481 e. The zero-order chi connectivity index (χ0) is 19.3. The molecule has 0 spiro atoms. The lowest BCUT2D eigenvalue weighted by atomic mass is 9.79.